The van der Waals surface area contributed by atoms with Crippen LogP contribution in [0.2, 0.25) is 0 Å². The minimum absolute atomic E-state index is 0.432. The van der Waals surface area contributed by atoms with Gasteiger partial charge in [-0.3, -0.25) is 0 Å². The highest BCUT2D eigenvalue weighted by Gasteiger charge is 2.19. The van der Waals surface area contributed by atoms with Gasteiger partial charge < -0.3 is 10.1 Å². The molecule has 2 heteroatoms. The molecule has 1 N–H and O–H groups in total. The number of rotatable bonds is 9. The van der Waals surface area contributed by atoms with Crippen LogP contribution in [0.15, 0.2) is 0 Å². The molecule has 1 aliphatic carbocycles. The largest absolute Gasteiger partial charge is 0.378 e. The molecule has 15 heavy (non-hydrogen) atoms. The van der Waals surface area contributed by atoms with E-state index in [1.807, 2.05) is 0 Å². The number of hydrogen-bond donors (Lipinski definition) is 1. The van der Waals surface area contributed by atoms with Gasteiger partial charge in [-0.25, -0.2) is 0 Å². The third-order valence-corrected chi connectivity index (χ3v) is 2.79. The van der Waals surface area contributed by atoms with Gasteiger partial charge in [0.25, 0.3) is 0 Å². The van der Waals surface area contributed by atoms with Gasteiger partial charge in [0.2, 0.25) is 0 Å². The monoisotopic (exact) mass is 213 g/mol. The predicted molar refractivity (Wildman–Crippen MR) is 65.1 cm³/mol. The van der Waals surface area contributed by atoms with Crippen molar-refractivity contribution in [2.45, 2.75) is 65.0 Å². The molecule has 2 nitrogen and oxygen atoms in total. The van der Waals surface area contributed by atoms with Gasteiger partial charge in [-0.2, -0.15) is 0 Å². The van der Waals surface area contributed by atoms with Crippen LogP contribution >= 0.6 is 0 Å². The molecule has 1 unspecified atom stereocenters. The van der Waals surface area contributed by atoms with E-state index in [4.69, 9.17) is 4.74 Å². The fourth-order valence-electron chi connectivity index (χ4n) is 1.84. The molecular formula is C13H27NO. The molecule has 0 radical (unpaired) electrons. The molecule has 1 rings (SSSR count). The Morgan fingerprint density at radius 1 is 1.20 bits per heavy atom. The van der Waals surface area contributed by atoms with Gasteiger partial charge in [-0.15, -0.1) is 0 Å². The van der Waals surface area contributed by atoms with Gasteiger partial charge in [0.1, 0.15) is 0 Å². The molecule has 0 amide bonds. The van der Waals surface area contributed by atoms with Crippen LogP contribution < -0.4 is 5.32 Å². The zero-order valence-electron chi connectivity index (χ0n) is 10.6. The highest BCUT2D eigenvalue weighted by molar-refractivity contribution is 4.80. The molecule has 0 spiro atoms. The van der Waals surface area contributed by atoms with E-state index < -0.39 is 0 Å². The molecule has 0 saturated heterocycles. The second-order valence-corrected chi connectivity index (χ2v) is 5.25. The second-order valence-electron chi connectivity index (χ2n) is 5.25. The molecule has 90 valence electrons. The average Bonchev–Trinajstić information content (AvgIpc) is 2.93. The third-order valence-electron chi connectivity index (χ3n) is 2.79. The summed E-state index contributed by atoms with van der Waals surface area (Å²) in [7, 11) is 0. The SMILES string of the molecule is CC(C)CC(C)OCCCCNC1CC1. The van der Waals surface area contributed by atoms with Crippen LogP contribution in [0.5, 0.6) is 0 Å². The summed E-state index contributed by atoms with van der Waals surface area (Å²) >= 11 is 0. The maximum Gasteiger partial charge on any atom is 0.0549 e. The topological polar surface area (TPSA) is 21.3 Å². The van der Waals surface area contributed by atoms with E-state index in [0.29, 0.717) is 6.10 Å². The van der Waals surface area contributed by atoms with Crippen LogP contribution in [-0.2, 0) is 4.74 Å². The van der Waals surface area contributed by atoms with E-state index in [1.54, 1.807) is 0 Å². The van der Waals surface area contributed by atoms with Gasteiger partial charge in [-0.05, 0) is 51.5 Å². The van der Waals surface area contributed by atoms with Gasteiger partial charge >= 0.3 is 0 Å². The van der Waals surface area contributed by atoms with Crippen molar-refractivity contribution in [3.8, 4) is 0 Å². The zero-order valence-corrected chi connectivity index (χ0v) is 10.6. The minimum Gasteiger partial charge on any atom is -0.378 e. The van der Waals surface area contributed by atoms with Gasteiger partial charge in [-0.1, -0.05) is 13.8 Å². The second kappa shape index (κ2) is 7.24. The number of nitrogens with one attached hydrogen (secondary N) is 1. The highest BCUT2D eigenvalue weighted by atomic mass is 16.5. The lowest BCUT2D eigenvalue weighted by atomic mass is 10.1. The first-order valence-electron chi connectivity index (χ1n) is 6.53. The molecule has 1 saturated carbocycles. The lowest BCUT2D eigenvalue weighted by Crippen LogP contribution is -2.18. The van der Waals surface area contributed by atoms with Crippen LogP contribution in [-0.4, -0.2) is 25.3 Å². The first kappa shape index (κ1) is 13.0. The van der Waals surface area contributed by atoms with E-state index in [1.165, 1.54) is 38.6 Å². The first-order valence-corrected chi connectivity index (χ1v) is 6.53. The molecule has 0 aromatic rings. The van der Waals surface area contributed by atoms with E-state index >= 15 is 0 Å². The van der Waals surface area contributed by atoms with Crippen molar-refractivity contribution in [1.29, 1.82) is 0 Å². The summed E-state index contributed by atoms with van der Waals surface area (Å²) < 4.78 is 5.75. The van der Waals surface area contributed by atoms with Gasteiger partial charge in [0.15, 0.2) is 0 Å². The molecule has 0 aromatic heterocycles. The number of unbranched alkanes of at least 4 members (excludes halogenated alkanes) is 1. The summed E-state index contributed by atoms with van der Waals surface area (Å²) in [5.74, 6) is 0.747. The zero-order chi connectivity index (χ0) is 11.1. The van der Waals surface area contributed by atoms with Crippen molar-refractivity contribution in [2.75, 3.05) is 13.2 Å². The fraction of sp³-hybridized carbons (Fsp3) is 1.00. The van der Waals surface area contributed by atoms with Crippen molar-refractivity contribution < 1.29 is 4.74 Å². The summed E-state index contributed by atoms with van der Waals surface area (Å²) in [5.41, 5.74) is 0. The average molecular weight is 213 g/mol. The molecule has 0 aliphatic heterocycles. The van der Waals surface area contributed by atoms with Gasteiger partial charge in [0, 0.05) is 12.6 Å². The lowest BCUT2D eigenvalue weighted by Gasteiger charge is -2.14. The van der Waals surface area contributed by atoms with Crippen LogP contribution in [0.3, 0.4) is 0 Å². The van der Waals surface area contributed by atoms with Crippen molar-refractivity contribution >= 4 is 0 Å². The Bertz CT molecular complexity index is 155. The smallest absolute Gasteiger partial charge is 0.0549 e. The Kier molecular flexibility index (Phi) is 6.26. The summed E-state index contributed by atoms with van der Waals surface area (Å²) in [5, 5.41) is 3.52. The van der Waals surface area contributed by atoms with Crippen LogP contribution in [0, 0.1) is 5.92 Å². The highest BCUT2D eigenvalue weighted by Crippen LogP contribution is 2.18. The van der Waals surface area contributed by atoms with E-state index in [9.17, 15) is 0 Å². The molecule has 0 heterocycles. The fourth-order valence-corrected chi connectivity index (χ4v) is 1.84. The van der Waals surface area contributed by atoms with Crippen molar-refractivity contribution in [1.82, 2.24) is 5.32 Å². The molecule has 0 bridgehead atoms. The van der Waals surface area contributed by atoms with E-state index in [2.05, 4.69) is 26.1 Å². The Hall–Kier alpha value is -0.0800. The summed E-state index contributed by atoms with van der Waals surface area (Å²) in [6, 6.07) is 0.853. The summed E-state index contributed by atoms with van der Waals surface area (Å²) in [6.07, 6.45) is 6.85. The van der Waals surface area contributed by atoms with Crippen LogP contribution in [0.4, 0.5) is 0 Å². The van der Waals surface area contributed by atoms with Crippen LogP contribution in [0.1, 0.15) is 52.9 Å². The Morgan fingerprint density at radius 3 is 2.53 bits per heavy atom. The normalized spacial score (nSPS) is 18.4. The standard InChI is InChI=1S/C13H27NO/c1-11(2)10-12(3)15-9-5-4-8-14-13-6-7-13/h11-14H,4-10H2,1-3H3. The van der Waals surface area contributed by atoms with E-state index in [-0.39, 0.29) is 0 Å². The molecule has 1 aliphatic rings. The number of hydrogen-bond acceptors (Lipinski definition) is 2. The maximum absolute atomic E-state index is 5.75. The third kappa shape index (κ3) is 7.80. The predicted octanol–water partition coefficient (Wildman–Crippen LogP) is 2.97. The quantitative estimate of drug-likeness (QED) is 0.595. The molecular weight excluding hydrogens is 186 g/mol. The molecule has 1 fully saturated rings. The van der Waals surface area contributed by atoms with Crippen molar-refractivity contribution in [2.24, 2.45) is 5.92 Å². The van der Waals surface area contributed by atoms with Crippen LogP contribution in [0.25, 0.3) is 0 Å². The Morgan fingerprint density at radius 2 is 1.93 bits per heavy atom. The van der Waals surface area contributed by atoms with Crippen molar-refractivity contribution in [3.63, 3.8) is 0 Å². The maximum atomic E-state index is 5.75. The van der Waals surface area contributed by atoms with Crippen molar-refractivity contribution in [3.05, 3.63) is 0 Å². The Balaban J connectivity index is 1.78. The molecule has 0 aromatic carbocycles. The summed E-state index contributed by atoms with van der Waals surface area (Å²) in [6.45, 7) is 8.79. The van der Waals surface area contributed by atoms with Gasteiger partial charge in [0.05, 0.1) is 6.10 Å². The Labute approximate surface area is 94.8 Å². The van der Waals surface area contributed by atoms with E-state index in [0.717, 1.165) is 18.6 Å². The molecule has 1 atom stereocenters. The summed E-state index contributed by atoms with van der Waals surface area (Å²) in [4.78, 5) is 0. The lowest BCUT2D eigenvalue weighted by molar-refractivity contribution is 0.0497. The minimum atomic E-state index is 0.432. The first-order chi connectivity index (χ1) is 7.18. The number of ether oxygens (including phenoxy) is 1.